The van der Waals surface area contributed by atoms with Gasteiger partial charge in [0.1, 0.15) is 5.25 Å². The predicted octanol–water partition coefficient (Wildman–Crippen LogP) is 3.91. The number of carbonyl (C=O) groups is 1. The van der Waals surface area contributed by atoms with Gasteiger partial charge in [-0.3, -0.25) is 4.79 Å². The summed E-state index contributed by atoms with van der Waals surface area (Å²) in [6.07, 6.45) is 8.44. The second kappa shape index (κ2) is 8.75. The summed E-state index contributed by atoms with van der Waals surface area (Å²) in [6.45, 7) is 0. The van der Waals surface area contributed by atoms with E-state index in [0.29, 0.717) is 23.8 Å². The molecule has 1 aromatic rings. The highest BCUT2D eigenvalue weighted by Gasteiger charge is 2.36. The first-order valence-corrected chi connectivity index (χ1v) is 11.8. The van der Waals surface area contributed by atoms with E-state index in [1.807, 2.05) is 24.3 Å². The van der Waals surface area contributed by atoms with Crippen LogP contribution in [0.4, 0.5) is 0 Å². The molecular weight excluding hydrogens is 370 g/mol. The second-order valence-corrected chi connectivity index (χ2v) is 10.4. The first kappa shape index (κ1) is 19.7. The highest BCUT2D eigenvalue weighted by atomic mass is 35.5. The lowest BCUT2D eigenvalue weighted by atomic mass is 9.81. The Morgan fingerprint density at radius 3 is 2.35 bits per heavy atom. The van der Waals surface area contributed by atoms with Crippen LogP contribution in [0, 0.1) is 5.92 Å². The maximum atomic E-state index is 12.8. The average Bonchev–Trinajstić information content (AvgIpc) is 2.63. The van der Waals surface area contributed by atoms with Crippen LogP contribution in [0.25, 0.3) is 0 Å². The number of rotatable bonds is 5. The van der Waals surface area contributed by atoms with E-state index >= 15 is 0 Å². The van der Waals surface area contributed by atoms with E-state index in [4.69, 9.17) is 11.6 Å². The summed E-state index contributed by atoms with van der Waals surface area (Å²) in [6, 6.07) is 7.69. The summed E-state index contributed by atoms with van der Waals surface area (Å²) < 4.78 is 24.6. The monoisotopic (exact) mass is 397 g/mol. The number of carbonyl (C=O) groups excluding carboxylic acids is 1. The van der Waals surface area contributed by atoms with Crippen LogP contribution in [-0.2, 0) is 21.1 Å². The third kappa shape index (κ3) is 5.01. The Bertz CT molecular complexity index is 711. The third-order valence-electron chi connectivity index (χ3n) is 5.79. The number of hydrogen-bond donors (Lipinski definition) is 1. The van der Waals surface area contributed by atoms with E-state index in [0.717, 1.165) is 31.2 Å². The summed E-state index contributed by atoms with van der Waals surface area (Å²) in [4.78, 5) is 12.8. The van der Waals surface area contributed by atoms with Gasteiger partial charge in [-0.15, -0.1) is 0 Å². The molecule has 0 aromatic heterocycles. The normalized spacial score (nSPS) is 24.7. The van der Waals surface area contributed by atoms with Gasteiger partial charge in [-0.25, -0.2) is 8.42 Å². The Balaban J connectivity index is 1.74. The molecule has 0 bridgehead atoms. The molecule has 2 fully saturated rings. The molecule has 144 valence electrons. The van der Waals surface area contributed by atoms with Gasteiger partial charge in [-0.05, 0) is 55.7 Å². The highest BCUT2D eigenvalue weighted by Crippen LogP contribution is 2.29. The van der Waals surface area contributed by atoms with E-state index in [9.17, 15) is 13.2 Å². The number of amides is 1. The van der Waals surface area contributed by atoms with Crippen molar-refractivity contribution < 1.29 is 13.2 Å². The molecule has 1 heterocycles. The van der Waals surface area contributed by atoms with E-state index in [-0.39, 0.29) is 17.7 Å². The van der Waals surface area contributed by atoms with Crippen molar-refractivity contribution in [3.8, 4) is 0 Å². The zero-order chi connectivity index (χ0) is 18.6. The van der Waals surface area contributed by atoms with Crippen LogP contribution in [-0.4, -0.2) is 31.4 Å². The zero-order valence-electron chi connectivity index (χ0n) is 15.1. The van der Waals surface area contributed by atoms with Crippen molar-refractivity contribution in [2.75, 3.05) is 5.75 Å². The van der Waals surface area contributed by atoms with Gasteiger partial charge in [0.05, 0.1) is 5.75 Å². The number of benzene rings is 1. The molecule has 2 aliphatic rings. The SMILES string of the molecule is O=C(NC(Cc1ccc(Cl)cc1)C1CCCCC1)C1CCCCS1(=O)=O. The van der Waals surface area contributed by atoms with Crippen molar-refractivity contribution >= 4 is 27.3 Å². The summed E-state index contributed by atoms with van der Waals surface area (Å²) in [5.74, 6) is 0.250. The fraction of sp³-hybridized carbons (Fsp3) is 0.650. The van der Waals surface area contributed by atoms with Crippen molar-refractivity contribution in [2.24, 2.45) is 5.92 Å². The number of halogens is 1. The van der Waals surface area contributed by atoms with Crippen LogP contribution in [0.1, 0.15) is 56.9 Å². The molecule has 1 saturated heterocycles. The molecule has 4 nitrogen and oxygen atoms in total. The molecule has 1 aliphatic heterocycles. The minimum Gasteiger partial charge on any atom is -0.352 e. The van der Waals surface area contributed by atoms with Crippen LogP contribution in [0.3, 0.4) is 0 Å². The van der Waals surface area contributed by atoms with Crippen LogP contribution in [0.5, 0.6) is 0 Å². The van der Waals surface area contributed by atoms with Gasteiger partial charge in [0.15, 0.2) is 9.84 Å². The molecule has 2 unspecified atom stereocenters. The summed E-state index contributed by atoms with van der Waals surface area (Å²) in [5, 5.41) is 2.95. The van der Waals surface area contributed by atoms with Gasteiger partial charge in [-0.2, -0.15) is 0 Å². The lowest BCUT2D eigenvalue weighted by Crippen LogP contribution is -2.50. The Hall–Kier alpha value is -1.07. The minimum atomic E-state index is -3.31. The standard InChI is InChI=1S/C20H28ClNO3S/c21-17-11-9-15(10-12-17)14-18(16-6-2-1-3-7-16)22-20(23)19-8-4-5-13-26(19,24)25/h9-12,16,18-19H,1-8,13-14H2,(H,22,23). The van der Waals surface area contributed by atoms with Crippen LogP contribution >= 0.6 is 11.6 Å². The van der Waals surface area contributed by atoms with Gasteiger partial charge in [0, 0.05) is 11.1 Å². The van der Waals surface area contributed by atoms with Gasteiger partial charge in [0.2, 0.25) is 5.91 Å². The molecule has 6 heteroatoms. The minimum absolute atomic E-state index is 0.0129. The molecule has 0 spiro atoms. The van der Waals surface area contributed by atoms with Gasteiger partial charge < -0.3 is 5.32 Å². The van der Waals surface area contributed by atoms with Crippen molar-refractivity contribution in [1.82, 2.24) is 5.32 Å². The lowest BCUT2D eigenvalue weighted by molar-refractivity contribution is -0.122. The van der Waals surface area contributed by atoms with E-state index in [1.54, 1.807) is 0 Å². The molecule has 3 rings (SSSR count). The molecule has 1 N–H and O–H groups in total. The molecule has 1 aliphatic carbocycles. The Kier molecular flexibility index (Phi) is 6.62. The quantitative estimate of drug-likeness (QED) is 0.819. The van der Waals surface area contributed by atoms with Crippen molar-refractivity contribution in [2.45, 2.75) is 69.1 Å². The van der Waals surface area contributed by atoms with Crippen molar-refractivity contribution in [3.05, 3.63) is 34.9 Å². The van der Waals surface area contributed by atoms with Crippen molar-refractivity contribution in [3.63, 3.8) is 0 Å². The maximum Gasteiger partial charge on any atom is 0.238 e. The van der Waals surface area contributed by atoms with Crippen LogP contribution < -0.4 is 5.32 Å². The van der Waals surface area contributed by atoms with Crippen molar-refractivity contribution in [1.29, 1.82) is 0 Å². The predicted molar refractivity (Wildman–Crippen MR) is 105 cm³/mol. The second-order valence-electron chi connectivity index (χ2n) is 7.70. The molecule has 0 radical (unpaired) electrons. The van der Waals surface area contributed by atoms with Gasteiger partial charge >= 0.3 is 0 Å². The smallest absolute Gasteiger partial charge is 0.238 e. The van der Waals surface area contributed by atoms with E-state index in [1.165, 1.54) is 19.3 Å². The number of sulfone groups is 1. The molecule has 26 heavy (non-hydrogen) atoms. The van der Waals surface area contributed by atoms with Crippen LogP contribution in [0.2, 0.25) is 5.02 Å². The number of nitrogens with one attached hydrogen (secondary N) is 1. The van der Waals surface area contributed by atoms with Crippen LogP contribution in [0.15, 0.2) is 24.3 Å². The third-order valence-corrected chi connectivity index (χ3v) is 8.21. The molecule has 1 aromatic carbocycles. The summed E-state index contributed by atoms with van der Waals surface area (Å²) >= 11 is 5.98. The first-order chi connectivity index (χ1) is 12.5. The Morgan fingerprint density at radius 1 is 1.04 bits per heavy atom. The Morgan fingerprint density at radius 2 is 1.69 bits per heavy atom. The summed E-state index contributed by atoms with van der Waals surface area (Å²) in [5.41, 5.74) is 1.12. The first-order valence-electron chi connectivity index (χ1n) is 9.72. The molecule has 2 atom stereocenters. The van der Waals surface area contributed by atoms with Gasteiger partial charge in [-0.1, -0.05) is 49.4 Å². The molecule has 1 saturated carbocycles. The topological polar surface area (TPSA) is 63.2 Å². The fourth-order valence-corrected chi connectivity index (χ4v) is 6.21. The van der Waals surface area contributed by atoms with E-state index in [2.05, 4.69) is 5.32 Å². The van der Waals surface area contributed by atoms with E-state index < -0.39 is 15.1 Å². The van der Waals surface area contributed by atoms with Gasteiger partial charge in [0.25, 0.3) is 0 Å². The molecule has 1 amide bonds. The largest absolute Gasteiger partial charge is 0.352 e. The maximum absolute atomic E-state index is 12.8. The zero-order valence-corrected chi connectivity index (χ0v) is 16.7. The highest BCUT2D eigenvalue weighted by molar-refractivity contribution is 7.92. The Labute approximate surface area is 161 Å². The molecular formula is C20H28ClNO3S. The number of hydrogen-bond acceptors (Lipinski definition) is 3. The average molecular weight is 398 g/mol. The summed E-state index contributed by atoms with van der Waals surface area (Å²) in [7, 11) is -3.31. The lowest BCUT2D eigenvalue weighted by Gasteiger charge is -2.33. The fourth-order valence-electron chi connectivity index (χ4n) is 4.27.